The fourth-order valence-electron chi connectivity index (χ4n) is 3.36. The number of fused-ring (bicyclic) bond motifs is 1. The van der Waals surface area contributed by atoms with Crippen molar-refractivity contribution in [2.24, 2.45) is 28.5 Å². The van der Waals surface area contributed by atoms with E-state index in [9.17, 15) is 0 Å². The first-order valence-electron chi connectivity index (χ1n) is 8.46. The lowest BCUT2D eigenvalue weighted by molar-refractivity contribution is 0.602. The van der Waals surface area contributed by atoms with Gasteiger partial charge in [0.1, 0.15) is 5.84 Å². The van der Waals surface area contributed by atoms with E-state index in [4.69, 9.17) is 5.73 Å². The topological polar surface area (TPSA) is 38.4 Å². The second-order valence-electron chi connectivity index (χ2n) is 7.26. The van der Waals surface area contributed by atoms with Gasteiger partial charge in [0.2, 0.25) is 0 Å². The maximum atomic E-state index is 6.37. The summed E-state index contributed by atoms with van der Waals surface area (Å²) in [5.41, 5.74) is 12.6. The minimum atomic E-state index is 0.217. The minimum absolute atomic E-state index is 0.217. The van der Waals surface area contributed by atoms with Crippen LogP contribution in [0.3, 0.4) is 0 Å². The smallest absolute Gasteiger partial charge is 0.128 e. The molecule has 22 heavy (non-hydrogen) atoms. The van der Waals surface area contributed by atoms with Gasteiger partial charge < -0.3 is 5.73 Å². The van der Waals surface area contributed by atoms with E-state index in [2.05, 4.69) is 58.3 Å². The first-order valence-corrected chi connectivity index (χ1v) is 8.46. The number of nitrogens with zero attached hydrogens (tertiary/aromatic N) is 1. The highest BCUT2D eigenvalue weighted by Crippen LogP contribution is 2.42. The maximum absolute atomic E-state index is 6.37. The van der Waals surface area contributed by atoms with Gasteiger partial charge in [-0.25, -0.2) is 4.99 Å². The highest BCUT2D eigenvalue weighted by molar-refractivity contribution is 6.02. The van der Waals surface area contributed by atoms with E-state index >= 15 is 0 Å². The molecule has 1 aliphatic heterocycles. The van der Waals surface area contributed by atoms with Crippen LogP contribution in [0.1, 0.15) is 53.9 Å². The van der Waals surface area contributed by atoms with E-state index < -0.39 is 0 Å². The SMILES string of the molecule is C=C(CC(C)C)C1C2=CCCC=C2N=C(N)C1=C(C)C(C)C. The first-order chi connectivity index (χ1) is 10.3. The van der Waals surface area contributed by atoms with Gasteiger partial charge in [0.05, 0.1) is 5.70 Å². The molecule has 2 nitrogen and oxygen atoms in total. The lowest BCUT2D eigenvalue weighted by Gasteiger charge is -2.34. The number of amidine groups is 1. The predicted octanol–water partition coefficient (Wildman–Crippen LogP) is 5.15. The molecule has 0 aromatic carbocycles. The summed E-state index contributed by atoms with van der Waals surface area (Å²) in [7, 11) is 0. The number of nitrogens with two attached hydrogens (primary N) is 1. The van der Waals surface area contributed by atoms with Crippen LogP contribution in [0, 0.1) is 17.8 Å². The molecule has 0 spiro atoms. The molecule has 0 fully saturated rings. The number of hydrogen-bond donors (Lipinski definition) is 1. The van der Waals surface area contributed by atoms with Crippen molar-refractivity contribution >= 4 is 5.84 Å². The highest BCUT2D eigenvalue weighted by Gasteiger charge is 2.33. The largest absolute Gasteiger partial charge is 0.383 e. The summed E-state index contributed by atoms with van der Waals surface area (Å²) < 4.78 is 0. The summed E-state index contributed by atoms with van der Waals surface area (Å²) >= 11 is 0. The molecule has 1 aliphatic carbocycles. The van der Waals surface area contributed by atoms with Crippen LogP contribution in [-0.2, 0) is 0 Å². The fourth-order valence-corrected chi connectivity index (χ4v) is 3.36. The van der Waals surface area contributed by atoms with Crippen molar-refractivity contribution in [3.8, 4) is 0 Å². The van der Waals surface area contributed by atoms with E-state index in [0.717, 1.165) is 25.0 Å². The lowest BCUT2D eigenvalue weighted by Crippen LogP contribution is -2.31. The van der Waals surface area contributed by atoms with Crippen LogP contribution in [0.4, 0.5) is 0 Å². The van der Waals surface area contributed by atoms with Gasteiger partial charge in [0.15, 0.2) is 0 Å². The molecule has 0 amide bonds. The van der Waals surface area contributed by atoms with Gasteiger partial charge in [0, 0.05) is 11.5 Å². The second-order valence-corrected chi connectivity index (χ2v) is 7.26. The number of allylic oxidation sites excluding steroid dienone is 5. The van der Waals surface area contributed by atoms with E-state index in [1.807, 2.05) is 0 Å². The number of hydrogen-bond acceptors (Lipinski definition) is 2. The zero-order valence-corrected chi connectivity index (χ0v) is 14.7. The van der Waals surface area contributed by atoms with Crippen molar-refractivity contribution in [1.29, 1.82) is 0 Å². The molecule has 120 valence electrons. The molecule has 1 unspecified atom stereocenters. The third-order valence-electron chi connectivity index (χ3n) is 4.65. The molecule has 2 heteroatoms. The van der Waals surface area contributed by atoms with Gasteiger partial charge in [-0.2, -0.15) is 0 Å². The zero-order valence-electron chi connectivity index (χ0n) is 14.7. The van der Waals surface area contributed by atoms with E-state index in [1.54, 1.807) is 0 Å². The third kappa shape index (κ3) is 3.26. The Morgan fingerprint density at radius 2 is 1.91 bits per heavy atom. The van der Waals surface area contributed by atoms with E-state index in [1.165, 1.54) is 22.3 Å². The van der Waals surface area contributed by atoms with E-state index in [-0.39, 0.29) is 5.92 Å². The van der Waals surface area contributed by atoms with Crippen LogP contribution < -0.4 is 5.73 Å². The monoisotopic (exact) mass is 298 g/mol. The van der Waals surface area contributed by atoms with E-state index in [0.29, 0.717) is 17.7 Å². The van der Waals surface area contributed by atoms with Gasteiger partial charge in [0.25, 0.3) is 0 Å². The minimum Gasteiger partial charge on any atom is -0.383 e. The molecule has 1 atom stereocenters. The van der Waals surface area contributed by atoms with Gasteiger partial charge in [-0.1, -0.05) is 57.6 Å². The molecule has 1 heterocycles. The summed E-state index contributed by atoms with van der Waals surface area (Å²) in [5.74, 6) is 1.97. The van der Waals surface area contributed by atoms with Crippen LogP contribution >= 0.6 is 0 Å². The Morgan fingerprint density at radius 3 is 2.50 bits per heavy atom. The van der Waals surface area contributed by atoms with Crippen molar-refractivity contribution in [2.75, 3.05) is 0 Å². The van der Waals surface area contributed by atoms with Crippen molar-refractivity contribution < 1.29 is 0 Å². The Balaban J connectivity index is 2.58. The van der Waals surface area contributed by atoms with Crippen molar-refractivity contribution in [3.05, 3.63) is 46.7 Å². The molecule has 0 saturated heterocycles. The maximum Gasteiger partial charge on any atom is 0.128 e. The summed E-state index contributed by atoms with van der Waals surface area (Å²) in [5, 5.41) is 0. The van der Waals surface area contributed by atoms with Crippen LogP contribution in [0.2, 0.25) is 0 Å². The van der Waals surface area contributed by atoms with Crippen LogP contribution in [0.15, 0.2) is 51.7 Å². The molecule has 2 aliphatic rings. The molecular formula is C20H30N2. The lowest BCUT2D eigenvalue weighted by atomic mass is 9.74. The molecular weight excluding hydrogens is 268 g/mol. The molecule has 0 saturated carbocycles. The number of rotatable bonds is 4. The average Bonchev–Trinajstić information content (AvgIpc) is 2.44. The Bertz CT molecular complexity index is 583. The zero-order chi connectivity index (χ0) is 16.4. The van der Waals surface area contributed by atoms with Gasteiger partial charge in [-0.15, -0.1) is 0 Å². The molecule has 2 rings (SSSR count). The quantitative estimate of drug-likeness (QED) is 0.716. The summed E-state index contributed by atoms with van der Waals surface area (Å²) in [6.07, 6.45) is 7.74. The summed E-state index contributed by atoms with van der Waals surface area (Å²) in [6, 6.07) is 0. The van der Waals surface area contributed by atoms with Gasteiger partial charge in [-0.05, 0) is 43.6 Å². The highest BCUT2D eigenvalue weighted by atomic mass is 14.9. The molecule has 2 N–H and O–H groups in total. The van der Waals surface area contributed by atoms with Crippen LogP contribution in [0.25, 0.3) is 0 Å². The van der Waals surface area contributed by atoms with Crippen molar-refractivity contribution in [1.82, 2.24) is 0 Å². The first kappa shape index (κ1) is 16.8. The van der Waals surface area contributed by atoms with Gasteiger partial charge >= 0.3 is 0 Å². The van der Waals surface area contributed by atoms with Crippen LogP contribution in [0.5, 0.6) is 0 Å². The number of aliphatic imine (C=N–C) groups is 1. The van der Waals surface area contributed by atoms with Crippen molar-refractivity contribution in [2.45, 2.75) is 53.9 Å². The molecule has 0 bridgehead atoms. The Labute approximate surface area is 135 Å². The molecule has 0 aromatic rings. The standard InChI is InChI=1S/C20H30N2/c1-12(2)11-14(5)18-16-9-7-8-10-17(16)22-20(21)19(18)15(6)13(3)4/h9-10,12-13,18H,5,7-8,11H2,1-4,6H3,(H2,21,22). The predicted molar refractivity (Wildman–Crippen MR) is 96.6 cm³/mol. The Hall–Kier alpha value is -1.57. The normalized spacial score (nSPS) is 23.8. The fraction of sp³-hybridized carbons (Fsp3) is 0.550. The van der Waals surface area contributed by atoms with Crippen molar-refractivity contribution in [3.63, 3.8) is 0 Å². The van der Waals surface area contributed by atoms with Gasteiger partial charge in [-0.3, -0.25) is 0 Å². The Kier molecular flexibility index (Phi) is 5.10. The summed E-state index contributed by atoms with van der Waals surface area (Å²) in [6.45, 7) is 15.5. The Morgan fingerprint density at radius 1 is 1.27 bits per heavy atom. The molecule has 0 radical (unpaired) electrons. The van der Waals surface area contributed by atoms with Crippen LogP contribution in [-0.4, -0.2) is 5.84 Å². The molecule has 0 aromatic heterocycles. The second kappa shape index (κ2) is 6.68. The average molecular weight is 298 g/mol. The summed E-state index contributed by atoms with van der Waals surface area (Å²) in [4.78, 5) is 4.69. The third-order valence-corrected chi connectivity index (χ3v) is 4.65.